The largest absolute Gasteiger partial charge is 0.438 e. The Hall–Kier alpha value is -2.85. The molecule has 5 heterocycles. The van der Waals surface area contributed by atoms with E-state index in [1.807, 2.05) is 29.2 Å². The lowest BCUT2D eigenvalue weighted by Crippen LogP contribution is -2.36. The zero-order valence-electron chi connectivity index (χ0n) is 18.6. The zero-order valence-corrected chi connectivity index (χ0v) is 20.2. The van der Waals surface area contributed by atoms with Gasteiger partial charge in [0.15, 0.2) is 0 Å². The molecule has 174 valence electrons. The van der Waals surface area contributed by atoms with Crippen LogP contribution in [-0.2, 0) is 16.1 Å². The van der Waals surface area contributed by atoms with Crippen LogP contribution < -0.4 is 9.64 Å². The molecule has 0 unspecified atom stereocenters. The van der Waals surface area contributed by atoms with E-state index in [4.69, 9.17) is 19.4 Å². The van der Waals surface area contributed by atoms with Gasteiger partial charge in [-0.2, -0.15) is 4.98 Å². The van der Waals surface area contributed by atoms with Crippen molar-refractivity contribution >= 4 is 44.5 Å². The summed E-state index contributed by atoms with van der Waals surface area (Å²) in [5, 5.41) is 5.15. The molecule has 2 aliphatic heterocycles. The Bertz CT molecular complexity index is 1300. The van der Waals surface area contributed by atoms with Gasteiger partial charge in [-0.1, -0.05) is 6.07 Å². The Morgan fingerprint density at radius 2 is 1.88 bits per heavy atom. The van der Waals surface area contributed by atoms with Crippen molar-refractivity contribution in [3.63, 3.8) is 0 Å². The number of carbonyl (C=O) groups excluding carboxylic acids is 1. The van der Waals surface area contributed by atoms with Crippen LogP contribution in [0, 0.1) is 0 Å². The molecule has 1 amide bonds. The molecule has 0 N–H and O–H groups in total. The van der Waals surface area contributed by atoms with Crippen molar-refractivity contribution in [2.45, 2.75) is 19.4 Å². The molecular formula is C25H24N4O3S2. The molecule has 3 aromatic heterocycles. The van der Waals surface area contributed by atoms with Gasteiger partial charge < -0.3 is 14.4 Å². The minimum atomic E-state index is 0.179. The van der Waals surface area contributed by atoms with E-state index in [1.165, 1.54) is 4.88 Å². The van der Waals surface area contributed by atoms with Crippen molar-refractivity contribution in [1.82, 2.24) is 14.9 Å². The van der Waals surface area contributed by atoms with Crippen LogP contribution in [0.1, 0.15) is 18.7 Å². The van der Waals surface area contributed by atoms with E-state index in [9.17, 15) is 4.79 Å². The number of carbonyl (C=O) groups is 1. The molecule has 1 aromatic carbocycles. The molecule has 4 aromatic rings. The van der Waals surface area contributed by atoms with Crippen molar-refractivity contribution in [3.05, 3.63) is 53.0 Å². The smallest absolute Gasteiger partial charge is 0.232 e. The molecule has 0 bridgehead atoms. The maximum Gasteiger partial charge on any atom is 0.232 e. The van der Waals surface area contributed by atoms with Gasteiger partial charge in [-0.25, -0.2) is 4.98 Å². The summed E-state index contributed by atoms with van der Waals surface area (Å²) in [7, 11) is 0. The van der Waals surface area contributed by atoms with Gasteiger partial charge >= 0.3 is 0 Å². The summed E-state index contributed by atoms with van der Waals surface area (Å²) >= 11 is 3.32. The number of aromatic nitrogens is 2. The monoisotopic (exact) mass is 492 g/mol. The average molecular weight is 493 g/mol. The number of ether oxygens (including phenoxy) is 2. The number of nitrogens with zero attached hydrogens (tertiary/aromatic N) is 4. The Morgan fingerprint density at radius 1 is 1.03 bits per heavy atom. The van der Waals surface area contributed by atoms with E-state index in [1.54, 1.807) is 22.7 Å². The number of hydrogen-bond donors (Lipinski definition) is 0. The molecule has 0 radical (unpaired) electrons. The first-order valence-corrected chi connectivity index (χ1v) is 13.2. The molecule has 7 nitrogen and oxygen atoms in total. The van der Waals surface area contributed by atoms with Gasteiger partial charge in [0.1, 0.15) is 16.4 Å². The van der Waals surface area contributed by atoms with Gasteiger partial charge in [-0.15, -0.1) is 22.7 Å². The number of anilines is 1. The summed E-state index contributed by atoms with van der Waals surface area (Å²) in [5.41, 5.74) is 2.01. The van der Waals surface area contributed by atoms with E-state index in [-0.39, 0.29) is 5.91 Å². The number of fused-ring (bicyclic) bond motifs is 1. The third-order valence-electron chi connectivity index (χ3n) is 6.14. The van der Waals surface area contributed by atoms with Gasteiger partial charge in [0.05, 0.1) is 25.1 Å². The minimum Gasteiger partial charge on any atom is -0.438 e. The van der Waals surface area contributed by atoms with Crippen molar-refractivity contribution < 1.29 is 14.3 Å². The van der Waals surface area contributed by atoms with Crippen LogP contribution in [0.2, 0.25) is 0 Å². The fraction of sp³-hybridized carbons (Fsp3) is 0.320. The number of benzene rings is 1. The Kier molecular flexibility index (Phi) is 6.00. The van der Waals surface area contributed by atoms with Crippen LogP contribution >= 0.6 is 22.7 Å². The second-order valence-corrected chi connectivity index (χ2v) is 10.2. The Morgan fingerprint density at radius 3 is 2.62 bits per heavy atom. The van der Waals surface area contributed by atoms with Crippen molar-refractivity contribution in [2.75, 3.05) is 37.7 Å². The maximum absolute atomic E-state index is 12.1. The summed E-state index contributed by atoms with van der Waals surface area (Å²) in [6.07, 6.45) is 1.53. The fourth-order valence-corrected chi connectivity index (χ4v) is 6.17. The second-order valence-electron chi connectivity index (χ2n) is 8.39. The molecule has 0 spiro atoms. The molecular weight excluding hydrogens is 468 g/mol. The van der Waals surface area contributed by atoms with Crippen LogP contribution in [0.15, 0.2) is 47.2 Å². The number of rotatable bonds is 6. The van der Waals surface area contributed by atoms with E-state index >= 15 is 0 Å². The molecule has 9 heteroatoms. The quantitative estimate of drug-likeness (QED) is 0.370. The summed E-state index contributed by atoms with van der Waals surface area (Å²) in [6, 6.07) is 11.9. The molecule has 0 atom stereocenters. The topological polar surface area (TPSA) is 67.8 Å². The van der Waals surface area contributed by atoms with Gasteiger partial charge in [0.25, 0.3) is 0 Å². The van der Waals surface area contributed by atoms with Crippen LogP contribution in [0.25, 0.3) is 20.7 Å². The molecule has 0 aliphatic carbocycles. The molecule has 6 rings (SSSR count). The lowest BCUT2D eigenvalue weighted by molar-refractivity contribution is -0.117. The van der Waals surface area contributed by atoms with Crippen LogP contribution in [0.5, 0.6) is 11.6 Å². The van der Waals surface area contributed by atoms with E-state index < -0.39 is 0 Å². The first-order valence-electron chi connectivity index (χ1n) is 11.4. The van der Waals surface area contributed by atoms with E-state index in [0.717, 1.165) is 66.6 Å². The second kappa shape index (κ2) is 9.42. The number of amides is 1. The third-order valence-corrected chi connectivity index (χ3v) is 7.91. The standard InChI is InChI=1S/C25H24N4O3S2/c30-22-4-1-9-29(22)17-5-7-18(8-6-17)32-24-23-19(20-3-2-14-33-20)16-34-25(23)27-21(26-24)15-28-10-12-31-13-11-28/h2-3,5-8,14,16H,1,4,9-13,15H2. The predicted molar refractivity (Wildman–Crippen MR) is 135 cm³/mol. The fourth-order valence-electron chi connectivity index (χ4n) is 4.40. The minimum absolute atomic E-state index is 0.179. The third kappa shape index (κ3) is 4.32. The molecule has 2 fully saturated rings. The molecule has 2 aliphatic rings. The van der Waals surface area contributed by atoms with Gasteiger partial charge in [-0.3, -0.25) is 9.69 Å². The highest BCUT2D eigenvalue weighted by molar-refractivity contribution is 7.18. The predicted octanol–water partition coefficient (Wildman–Crippen LogP) is 5.17. The normalized spacial score (nSPS) is 17.1. The van der Waals surface area contributed by atoms with Crippen LogP contribution in [0.3, 0.4) is 0 Å². The highest BCUT2D eigenvalue weighted by atomic mass is 32.1. The average Bonchev–Trinajstić information content (AvgIpc) is 3.61. The number of thiophene rings is 2. The summed E-state index contributed by atoms with van der Waals surface area (Å²) in [4.78, 5) is 28.1. The number of morpholine rings is 1. The molecule has 2 saturated heterocycles. The first-order chi connectivity index (χ1) is 16.7. The number of hydrogen-bond acceptors (Lipinski definition) is 8. The lowest BCUT2D eigenvalue weighted by atomic mass is 10.2. The summed E-state index contributed by atoms with van der Waals surface area (Å²) < 4.78 is 11.9. The van der Waals surface area contributed by atoms with Crippen molar-refractivity contribution in [3.8, 4) is 22.1 Å². The van der Waals surface area contributed by atoms with Gasteiger partial charge in [-0.05, 0) is 42.1 Å². The van der Waals surface area contributed by atoms with E-state index in [2.05, 4.69) is 27.8 Å². The lowest BCUT2D eigenvalue weighted by Gasteiger charge is -2.25. The SMILES string of the molecule is O=C1CCCN1c1ccc(Oc2nc(CN3CCOCC3)nc3scc(-c4cccs4)c23)cc1. The van der Waals surface area contributed by atoms with Gasteiger partial charge in [0, 0.05) is 47.6 Å². The molecule has 34 heavy (non-hydrogen) atoms. The zero-order chi connectivity index (χ0) is 22.9. The highest BCUT2D eigenvalue weighted by Gasteiger charge is 2.22. The van der Waals surface area contributed by atoms with E-state index in [0.29, 0.717) is 24.6 Å². The summed E-state index contributed by atoms with van der Waals surface area (Å²) in [6.45, 7) is 4.66. The highest BCUT2D eigenvalue weighted by Crippen LogP contribution is 2.41. The van der Waals surface area contributed by atoms with Crippen molar-refractivity contribution in [1.29, 1.82) is 0 Å². The van der Waals surface area contributed by atoms with Crippen LogP contribution in [-0.4, -0.2) is 53.6 Å². The Labute approximate surface area is 205 Å². The Balaban J connectivity index is 1.35. The van der Waals surface area contributed by atoms with Crippen LogP contribution in [0.4, 0.5) is 5.69 Å². The maximum atomic E-state index is 12.1. The van der Waals surface area contributed by atoms with Crippen molar-refractivity contribution in [2.24, 2.45) is 0 Å². The first kappa shape index (κ1) is 21.7. The molecule has 0 saturated carbocycles. The summed E-state index contributed by atoms with van der Waals surface area (Å²) in [5.74, 6) is 2.19. The van der Waals surface area contributed by atoms with Gasteiger partial charge in [0.2, 0.25) is 11.8 Å².